The predicted octanol–water partition coefficient (Wildman–Crippen LogP) is 3.48. The Labute approximate surface area is 122 Å². The lowest BCUT2D eigenvalue weighted by Gasteiger charge is -2.28. The van der Waals surface area contributed by atoms with Gasteiger partial charge >= 0.3 is 11.9 Å². The summed E-state index contributed by atoms with van der Waals surface area (Å²) in [6.07, 6.45) is 7.82. The molecule has 0 aromatic carbocycles. The first-order valence-electron chi connectivity index (χ1n) is 8.04. The van der Waals surface area contributed by atoms with Crippen LogP contribution in [0.25, 0.3) is 0 Å². The molecule has 1 fully saturated rings. The van der Waals surface area contributed by atoms with Crippen LogP contribution in [-0.2, 0) is 19.1 Å². The molecule has 0 heterocycles. The third-order valence-corrected chi connectivity index (χ3v) is 3.90. The minimum Gasteiger partial charge on any atom is -0.466 e. The van der Waals surface area contributed by atoms with Crippen molar-refractivity contribution < 1.29 is 19.1 Å². The van der Waals surface area contributed by atoms with Crippen molar-refractivity contribution in [3.63, 3.8) is 0 Å². The van der Waals surface area contributed by atoms with E-state index in [4.69, 9.17) is 9.47 Å². The van der Waals surface area contributed by atoms with Crippen molar-refractivity contribution in [3.8, 4) is 0 Å². The summed E-state index contributed by atoms with van der Waals surface area (Å²) in [7, 11) is 0. The highest BCUT2D eigenvalue weighted by molar-refractivity contribution is 5.82. The van der Waals surface area contributed by atoms with Crippen molar-refractivity contribution >= 4 is 11.9 Å². The number of hydrogen-bond donors (Lipinski definition) is 0. The Morgan fingerprint density at radius 1 is 0.900 bits per heavy atom. The second-order valence-electron chi connectivity index (χ2n) is 5.48. The quantitative estimate of drug-likeness (QED) is 0.506. The summed E-state index contributed by atoms with van der Waals surface area (Å²) in [6.45, 7) is 4.79. The number of carbonyl (C=O) groups is 2. The van der Waals surface area contributed by atoms with Crippen LogP contribution in [0.4, 0.5) is 0 Å². The van der Waals surface area contributed by atoms with Gasteiger partial charge in [0.25, 0.3) is 0 Å². The minimum absolute atomic E-state index is 0.209. The van der Waals surface area contributed by atoms with Crippen molar-refractivity contribution in [3.05, 3.63) is 0 Å². The summed E-state index contributed by atoms with van der Waals surface area (Å²) in [5.41, 5.74) is 0. The molecular weight excluding hydrogens is 256 g/mol. The molecule has 0 aromatic rings. The molecule has 2 atom stereocenters. The standard InChI is InChI=1S/C16H28O4/c1-3-5-6-9-12-20-16(18)14-11-8-7-10-13(14)15(17)19-4-2/h13-14H,3-12H2,1-2H3. The SMILES string of the molecule is CCCCCCOC(=O)C1CCCCC1C(=O)OCC. The molecule has 0 amide bonds. The molecule has 20 heavy (non-hydrogen) atoms. The average Bonchev–Trinajstić information content (AvgIpc) is 2.47. The molecule has 0 saturated heterocycles. The summed E-state index contributed by atoms with van der Waals surface area (Å²) in [5, 5.41) is 0. The van der Waals surface area contributed by atoms with Crippen molar-refractivity contribution in [2.75, 3.05) is 13.2 Å². The third-order valence-electron chi connectivity index (χ3n) is 3.90. The number of ether oxygens (including phenoxy) is 2. The van der Waals surface area contributed by atoms with Gasteiger partial charge in [-0.3, -0.25) is 9.59 Å². The molecule has 0 aromatic heterocycles. The van der Waals surface area contributed by atoms with Crippen LogP contribution in [0.5, 0.6) is 0 Å². The molecule has 1 aliphatic carbocycles. The van der Waals surface area contributed by atoms with Gasteiger partial charge in [-0.15, -0.1) is 0 Å². The van der Waals surface area contributed by atoms with Gasteiger partial charge in [-0.1, -0.05) is 39.0 Å². The topological polar surface area (TPSA) is 52.6 Å². The van der Waals surface area contributed by atoms with Gasteiger partial charge in [0.15, 0.2) is 0 Å². The normalized spacial score (nSPS) is 22.3. The maximum Gasteiger partial charge on any atom is 0.309 e. The Morgan fingerprint density at radius 2 is 1.50 bits per heavy atom. The maximum atomic E-state index is 12.1. The Morgan fingerprint density at radius 3 is 2.05 bits per heavy atom. The maximum absolute atomic E-state index is 12.1. The van der Waals surface area contributed by atoms with E-state index in [1.54, 1.807) is 6.92 Å². The fourth-order valence-corrected chi connectivity index (χ4v) is 2.75. The van der Waals surface area contributed by atoms with Gasteiger partial charge < -0.3 is 9.47 Å². The molecule has 0 bridgehead atoms. The summed E-state index contributed by atoms with van der Waals surface area (Å²) in [5.74, 6) is -1.04. The molecular formula is C16H28O4. The molecule has 0 aliphatic heterocycles. The molecule has 4 nitrogen and oxygen atoms in total. The molecule has 116 valence electrons. The molecule has 4 heteroatoms. The van der Waals surface area contributed by atoms with E-state index < -0.39 is 0 Å². The molecule has 2 unspecified atom stereocenters. The third kappa shape index (κ3) is 5.51. The van der Waals surface area contributed by atoms with Crippen LogP contribution >= 0.6 is 0 Å². The lowest BCUT2D eigenvalue weighted by molar-refractivity contribution is -0.162. The fraction of sp³-hybridized carbons (Fsp3) is 0.875. The molecule has 0 N–H and O–H groups in total. The first kappa shape index (κ1) is 17.0. The van der Waals surface area contributed by atoms with Crippen LogP contribution in [0.2, 0.25) is 0 Å². The number of hydrogen-bond acceptors (Lipinski definition) is 4. The molecule has 1 rings (SSSR count). The van der Waals surface area contributed by atoms with Crippen LogP contribution in [0.15, 0.2) is 0 Å². The monoisotopic (exact) mass is 284 g/mol. The number of esters is 2. The zero-order valence-corrected chi connectivity index (χ0v) is 12.9. The Hall–Kier alpha value is -1.06. The summed E-state index contributed by atoms with van der Waals surface area (Å²) in [6, 6.07) is 0. The van der Waals surface area contributed by atoms with E-state index in [0.29, 0.717) is 13.2 Å². The van der Waals surface area contributed by atoms with Gasteiger partial charge in [0, 0.05) is 0 Å². The van der Waals surface area contributed by atoms with Gasteiger partial charge in [-0.25, -0.2) is 0 Å². The lowest BCUT2D eigenvalue weighted by Crippen LogP contribution is -2.35. The van der Waals surface area contributed by atoms with Crippen LogP contribution in [0, 0.1) is 11.8 Å². The molecule has 0 spiro atoms. The lowest BCUT2D eigenvalue weighted by atomic mass is 9.79. The first-order valence-corrected chi connectivity index (χ1v) is 8.04. The minimum atomic E-state index is -0.299. The Bertz CT molecular complexity index is 301. The van der Waals surface area contributed by atoms with Crippen molar-refractivity contribution in [1.29, 1.82) is 0 Å². The van der Waals surface area contributed by atoms with Gasteiger partial charge in [0.1, 0.15) is 0 Å². The summed E-state index contributed by atoms with van der Waals surface area (Å²) >= 11 is 0. The van der Waals surface area contributed by atoms with E-state index >= 15 is 0 Å². The fourth-order valence-electron chi connectivity index (χ4n) is 2.75. The highest BCUT2D eigenvalue weighted by atomic mass is 16.5. The Kier molecular flexibility index (Phi) is 8.31. The van der Waals surface area contributed by atoms with E-state index in [9.17, 15) is 9.59 Å². The van der Waals surface area contributed by atoms with E-state index in [0.717, 1.165) is 38.5 Å². The van der Waals surface area contributed by atoms with Crippen molar-refractivity contribution in [2.24, 2.45) is 11.8 Å². The zero-order valence-electron chi connectivity index (χ0n) is 12.9. The Balaban J connectivity index is 2.40. The van der Waals surface area contributed by atoms with Crippen LogP contribution in [0.3, 0.4) is 0 Å². The largest absolute Gasteiger partial charge is 0.466 e. The zero-order chi connectivity index (χ0) is 14.8. The van der Waals surface area contributed by atoms with E-state index in [1.807, 2.05) is 0 Å². The van der Waals surface area contributed by atoms with E-state index in [1.165, 1.54) is 12.8 Å². The van der Waals surface area contributed by atoms with E-state index in [-0.39, 0.29) is 23.8 Å². The average molecular weight is 284 g/mol. The summed E-state index contributed by atoms with van der Waals surface area (Å²) in [4.78, 5) is 24.0. The van der Waals surface area contributed by atoms with Crippen LogP contribution < -0.4 is 0 Å². The van der Waals surface area contributed by atoms with Crippen molar-refractivity contribution in [1.82, 2.24) is 0 Å². The molecule has 1 saturated carbocycles. The van der Waals surface area contributed by atoms with Gasteiger partial charge in [0.05, 0.1) is 25.0 Å². The number of unbranched alkanes of at least 4 members (excludes halogenated alkanes) is 3. The first-order chi connectivity index (χ1) is 9.70. The highest BCUT2D eigenvalue weighted by Gasteiger charge is 2.37. The van der Waals surface area contributed by atoms with Crippen molar-refractivity contribution in [2.45, 2.75) is 65.2 Å². The van der Waals surface area contributed by atoms with E-state index in [2.05, 4.69) is 6.92 Å². The molecule has 0 radical (unpaired) electrons. The second kappa shape index (κ2) is 9.78. The van der Waals surface area contributed by atoms with Gasteiger partial charge in [0.2, 0.25) is 0 Å². The summed E-state index contributed by atoms with van der Waals surface area (Å²) < 4.78 is 10.4. The second-order valence-corrected chi connectivity index (χ2v) is 5.48. The smallest absolute Gasteiger partial charge is 0.309 e. The highest BCUT2D eigenvalue weighted by Crippen LogP contribution is 2.32. The predicted molar refractivity (Wildman–Crippen MR) is 77.2 cm³/mol. The van der Waals surface area contributed by atoms with Crippen LogP contribution in [-0.4, -0.2) is 25.2 Å². The van der Waals surface area contributed by atoms with Gasteiger partial charge in [-0.2, -0.15) is 0 Å². The molecule has 1 aliphatic rings. The van der Waals surface area contributed by atoms with Gasteiger partial charge in [-0.05, 0) is 26.2 Å². The number of rotatable bonds is 8. The van der Waals surface area contributed by atoms with Crippen LogP contribution in [0.1, 0.15) is 65.2 Å². The number of carbonyl (C=O) groups excluding carboxylic acids is 2.